The first-order valence-corrected chi connectivity index (χ1v) is 5.20. The molecule has 3 aromatic rings. The number of hydrogen-bond donors (Lipinski definition) is 1. The van der Waals surface area contributed by atoms with Crippen LogP contribution in [0, 0.1) is 0 Å². The van der Waals surface area contributed by atoms with E-state index in [0.29, 0.717) is 16.8 Å². The lowest BCUT2D eigenvalue weighted by Gasteiger charge is -2.03. The molecule has 2 aromatic heterocycles. The van der Waals surface area contributed by atoms with Gasteiger partial charge < -0.3 is 9.15 Å². The van der Waals surface area contributed by atoms with Gasteiger partial charge in [0, 0.05) is 0 Å². The summed E-state index contributed by atoms with van der Waals surface area (Å²) >= 11 is 0. The number of hydrogen-bond acceptors (Lipinski definition) is 6. The molecule has 0 amide bonds. The molecule has 0 unspecified atom stereocenters. The summed E-state index contributed by atoms with van der Waals surface area (Å²) in [6.45, 7) is 0.0795. The molecule has 1 N–H and O–H groups in total. The highest BCUT2D eigenvalue weighted by Gasteiger charge is 2.08. The molecule has 0 radical (unpaired) electrons. The van der Waals surface area contributed by atoms with Gasteiger partial charge in [-0.3, -0.25) is 4.79 Å². The fourth-order valence-corrected chi connectivity index (χ4v) is 1.55. The number of nitrogens with zero attached hydrogens (tertiary/aromatic N) is 3. The average Bonchev–Trinajstić information content (AvgIpc) is 2.91. The third-order valence-electron chi connectivity index (χ3n) is 2.40. The van der Waals surface area contributed by atoms with Crippen molar-refractivity contribution >= 4 is 11.0 Å². The van der Waals surface area contributed by atoms with Crippen molar-refractivity contribution < 1.29 is 9.15 Å². The Morgan fingerprint density at radius 2 is 2.22 bits per heavy atom. The molecule has 2 heterocycles. The highest BCUT2D eigenvalue weighted by atomic mass is 16.5. The van der Waals surface area contributed by atoms with Crippen molar-refractivity contribution in [2.45, 2.75) is 6.61 Å². The van der Waals surface area contributed by atoms with Crippen LogP contribution in [-0.2, 0) is 6.61 Å². The zero-order valence-electron chi connectivity index (χ0n) is 9.16. The monoisotopic (exact) mass is 244 g/mol. The van der Waals surface area contributed by atoms with E-state index in [1.165, 1.54) is 6.26 Å². The van der Waals surface area contributed by atoms with Crippen molar-refractivity contribution in [2.24, 2.45) is 0 Å². The summed E-state index contributed by atoms with van der Waals surface area (Å²) < 4.78 is 10.6. The molecule has 0 fully saturated rings. The Bertz CT molecular complexity index is 720. The standard InChI is InChI=1S/C11H8N4O3/c16-11-7-3-1-2-4-8(7)17-5-9(11)18-6-10-12-14-15-13-10/h1-5H,6H2,(H,12,13,14,15). The molecular formula is C11H8N4O3. The van der Waals surface area contributed by atoms with Gasteiger partial charge in [0.25, 0.3) is 0 Å². The molecule has 90 valence electrons. The summed E-state index contributed by atoms with van der Waals surface area (Å²) in [6.07, 6.45) is 1.29. The van der Waals surface area contributed by atoms with E-state index in [0.717, 1.165) is 0 Å². The van der Waals surface area contributed by atoms with E-state index >= 15 is 0 Å². The van der Waals surface area contributed by atoms with Gasteiger partial charge in [-0.1, -0.05) is 12.1 Å². The van der Waals surface area contributed by atoms with Gasteiger partial charge in [0.2, 0.25) is 11.2 Å². The normalized spacial score (nSPS) is 10.7. The Hall–Kier alpha value is -2.70. The second kappa shape index (κ2) is 4.28. The van der Waals surface area contributed by atoms with E-state index in [1.807, 2.05) is 0 Å². The average molecular weight is 244 g/mol. The van der Waals surface area contributed by atoms with Crippen LogP contribution in [0.2, 0.25) is 0 Å². The van der Waals surface area contributed by atoms with Crippen LogP contribution in [0.25, 0.3) is 11.0 Å². The first-order valence-electron chi connectivity index (χ1n) is 5.20. The first-order chi connectivity index (χ1) is 8.84. The smallest absolute Gasteiger partial charge is 0.234 e. The van der Waals surface area contributed by atoms with Crippen molar-refractivity contribution in [1.29, 1.82) is 0 Å². The van der Waals surface area contributed by atoms with Crippen LogP contribution in [0.15, 0.2) is 39.7 Å². The third-order valence-corrected chi connectivity index (χ3v) is 2.40. The fourth-order valence-electron chi connectivity index (χ4n) is 1.55. The molecular weight excluding hydrogens is 236 g/mol. The van der Waals surface area contributed by atoms with Gasteiger partial charge in [0.15, 0.2) is 5.82 Å². The molecule has 7 heteroatoms. The lowest BCUT2D eigenvalue weighted by atomic mass is 10.2. The summed E-state index contributed by atoms with van der Waals surface area (Å²) in [6, 6.07) is 6.97. The van der Waals surface area contributed by atoms with Crippen LogP contribution < -0.4 is 10.2 Å². The molecule has 0 saturated carbocycles. The largest absolute Gasteiger partial charge is 0.478 e. The Labute approximate surface area is 100 Å². The molecule has 0 aliphatic carbocycles. The molecule has 0 saturated heterocycles. The second-order valence-corrected chi connectivity index (χ2v) is 3.56. The molecule has 1 aromatic carbocycles. The molecule has 0 aliphatic rings. The highest BCUT2D eigenvalue weighted by molar-refractivity contribution is 5.77. The van der Waals surface area contributed by atoms with Gasteiger partial charge in [-0.25, -0.2) is 5.10 Å². The Balaban J connectivity index is 1.93. The van der Waals surface area contributed by atoms with Gasteiger partial charge in [-0.15, -0.1) is 5.10 Å². The van der Waals surface area contributed by atoms with Crippen LogP contribution in [0.4, 0.5) is 0 Å². The van der Waals surface area contributed by atoms with E-state index in [9.17, 15) is 4.79 Å². The predicted octanol–water partition coefficient (Wildman–Crippen LogP) is 0.885. The van der Waals surface area contributed by atoms with Crippen LogP contribution in [0.5, 0.6) is 5.75 Å². The summed E-state index contributed by atoms with van der Waals surface area (Å²) in [7, 11) is 0. The van der Waals surface area contributed by atoms with Crippen molar-refractivity contribution in [3.05, 3.63) is 46.6 Å². The van der Waals surface area contributed by atoms with Crippen molar-refractivity contribution in [3.8, 4) is 5.75 Å². The molecule has 3 rings (SSSR count). The number of aromatic amines is 1. The predicted molar refractivity (Wildman–Crippen MR) is 61.0 cm³/mol. The molecule has 7 nitrogen and oxygen atoms in total. The summed E-state index contributed by atoms with van der Waals surface area (Å²) in [4.78, 5) is 12.0. The maximum Gasteiger partial charge on any atom is 0.234 e. The van der Waals surface area contributed by atoms with E-state index in [4.69, 9.17) is 9.15 Å². The number of aromatic nitrogens is 4. The van der Waals surface area contributed by atoms with Crippen molar-refractivity contribution in [2.75, 3.05) is 0 Å². The number of benzene rings is 1. The molecule has 0 bridgehead atoms. The summed E-state index contributed by atoms with van der Waals surface area (Å²) in [5, 5.41) is 13.5. The number of ether oxygens (including phenoxy) is 1. The number of rotatable bonds is 3. The Morgan fingerprint density at radius 1 is 1.33 bits per heavy atom. The number of fused-ring (bicyclic) bond motifs is 1. The number of nitrogens with one attached hydrogen (secondary N) is 1. The second-order valence-electron chi connectivity index (χ2n) is 3.56. The van der Waals surface area contributed by atoms with Gasteiger partial charge in [-0.2, -0.15) is 0 Å². The zero-order valence-corrected chi connectivity index (χ0v) is 9.16. The molecule has 0 atom stereocenters. The van der Waals surface area contributed by atoms with Crippen LogP contribution in [0.1, 0.15) is 5.82 Å². The van der Waals surface area contributed by atoms with Crippen molar-refractivity contribution in [3.63, 3.8) is 0 Å². The van der Waals surface area contributed by atoms with Crippen LogP contribution >= 0.6 is 0 Å². The number of tetrazole rings is 1. The molecule has 0 spiro atoms. The SMILES string of the molecule is O=c1c(OCc2nnn[nH]2)coc2ccccc12. The van der Waals surface area contributed by atoms with E-state index < -0.39 is 0 Å². The minimum absolute atomic E-state index is 0.0795. The summed E-state index contributed by atoms with van der Waals surface area (Å²) in [5.41, 5.74) is 0.306. The van der Waals surface area contributed by atoms with Gasteiger partial charge in [0.05, 0.1) is 5.39 Å². The lowest BCUT2D eigenvalue weighted by Crippen LogP contribution is -2.08. The topological polar surface area (TPSA) is 93.9 Å². The minimum atomic E-state index is -0.218. The number of H-pyrrole nitrogens is 1. The van der Waals surface area contributed by atoms with Crippen LogP contribution in [0.3, 0.4) is 0 Å². The van der Waals surface area contributed by atoms with Gasteiger partial charge in [-0.05, 0) is 22.6 Å². The Kier molecular flexibility index (Phi) is 2.49. The fraction of sp³-hybridized carbons (Fsp3) is 0.0909. The Morgan fingerprint density at radius 3 is 3.06 bits per heavy atom. The van der Waals surface area contributed by atoms with E-state index in [-0.39, 0.29) is 17.8 Å². The number of para-hydroxylation sites is 1. The van der Waals surface area contributed by atoms with Gasteiger partial charge >= 0.3 is 0 Å². The molecule has 18 heavy (non-hydrogen) atoms. The third kappa shape index (κ3) is 1.81. The van der Waals surface area contributed by atoms with Gasteiger partial charge in [0.1, 0.15) is 18.5 Å². The van der Waals surface area contributed by atoms with E-state index in [2.05, 4.69) is 20.6 Å². The van der Waals surface area contributed by atoms with Crippen LogP contribution in [-0.4, -0.2) is 20.6 Å². The minimum Gasteiger partial charge on any atom is -0.478 e. The maximum atomic E-state index is 12.0. The lowest BCUT2D eigenvalue weighted by molar-refractivity contribution is 0.285. The van der Waals surface area contributed by atoms with Crippen molar-refractivity contribution in [1.82, 2.24) is 20.6 Å². The quantitative estimate of drug-likeness (QED) is 0.735. The zero-order chi connectivity index (χ0) is 12.4. The van der Waals surface area contributed by atoms with E-state index in [1.54, 1.807) is 24.3 Å². The highest BCUT2D eigenvalue weighted by Crippen LogP contribution is 2.14. The maximum absolute atomic E-state index is 12.0. The first kappa shape index (κ1) is 10.5. The molecule has 0 aliphatic heterocycles. The summed E-state index contributed by atoms with van der Waals surface area (Å²) in [5.74, 6) is 0.563.